The lowest BCUT2D eigenvalue weighted by atomic mass is 10.1. The third kappa shape index (κ3) is 5.06. The number of carbonyl (C=O) groups excluding carboxylic acids is 2. The lowest BCUT2D eigenvalue weighted by Gasteiger charge is -2.31. The van der Waals surface area contributed by atoms with E-state index in [0.29, 0.717) is 11.3 Å². The van der Waals surface area contributed by atoms with E-state index in [9.17, 15) is 14.4 Å². The number of hydrogen-bond acceptors (Lipinski definition) is 5. The molecule has 0 bridgehead atoms. The molecule has 7 nitrogen and oxygen atoms in total. The third-order valence-corrected chi connectivity index (χ3v) is 6.71. The van der Waals surface area contributed by atoms with Gasteiger partial charge in [-0.25, -0.2) is 4.79 Å². The predicted molar refractivity (Wildman–Crippen MR) is 136 cm³/mol. The summed E-state index contributed by atoms with van der Waals surface area (Å²) in [5.74, 6) is -1.19. The highest BCUT2D eigenvalue weighted by Gasteiger charge is 2.35. The first-order valence-corrected chi connectivity index (χ1v) is 11.4. The number of likely N-dealkylation sites (N-methyl/N-ethyl adjacent to an activating group) is 2. The fourth-order valence-corrected chi connectivity index (χ4v) is 5.13. The smallest absolute Gasteiger partial charge is 0.335 e. The molecule has 0 radical (unpaired) electrons. The third-order valence-electron chi connectivity index (χ3n) is 4.56. The molecule has 3 rings (SSSR count). The number of benzene rings is 2. The van der Waals surface area contributed by atoms with E-state index in [-0.39, 0.29) is 22.9 Å². The Morgan fingerprint density at radius 2 is 1.58 bits per heavy atom. The molecule has 2 aromatic carbocycles. The van der Waals surface area contributed by atoms with Crippen molar-refractivity contribution in [1.82, 2.24) is 9.80 Å². The fraction of sp³-hybridized carbons (Fsp3) is 0.143. The molecule has 1 saturated heterocycles. The first-order chi connectivity index (χ1) is 14.6. The average molecular weight is 662 g/mol. The van der Waals surface area contributed by atoms with Gasteiger partial charge in [0.15, 0.2) is 5.11 Å². The van der Waals surface area contributed by atoms with Crippen LogP contribution in [0.15, 0.2) is 42.0 Å². The molecule has 1 aliphatic rings. The van der Waals surface area contributed by atoms with E-state index in [0.717, 1.165) is 12.7 Å². The Hall–Kier alpha value is -2.06. The molecule has 160 valence electrons. The number of ether oxygens (including phenoxy) is 1. The Bertz CT molecular complexity index is 1080. The molecule has 0 spiro atoms. The van der Waals surface area contributed by atoms with Gasteiger partial charge in [0.05, 0.1) is 12.7 Å². The SMILES string of the molecule is CN1C(=O)C(=Cc2cc(I)c(OCc3ccc(C(=O)O)cc3)c(I)c2)C(=O)N(C)C1=S. The van der Waals surface area contributed by atoms with Crippen LogP contribution in [0.1, 0.15) is 21.5 Å². The highest BCUT2D eigenvalue weighted by atomic mass is 127. The van der Waals surface area contributed by atoms with Crippen LogP contribution in [0.5, 0.6) is 5.75 Å². The minimum absolute atomic E-state index is 0.0392. The first-order valence-electron chi connectivity index (χ1n) is 8.86. The molecule has 0 saturated carbocycles. The zero-order valence-corrected chi connectivity index (χ0v) is 21.5. The minimum atomic E-state index is -0.976. The van der Waals surface area contributed by atoms with Crippen LogP contribution in [0.2, 0.25) is 0 Å². The van der Waals surface area contributed by atoms with Gasteiger partial charge in [-0.2, -0.15) is 0 Å². The van der Waals surface area contributed by atoms with Gasteiger partial charge < -0.3 is 9.84 Å². The quantitative estimate of drug-likeness (QED) is 0.227. The summed E-state index contributed by atoms with van der Waals surface area (Å²) in [4.78, 5) is 38.5. The second kappa shape index (κ2) is 9.61. The van der Waals surface area contributed by atoms with Gasteiger partial charge in [-0.15, -0.1) is 0 Å². The largest absolute Gasteiger partial charge is 0.487 e. The molecule has 0 atom stereocenters. The highest BCUT2D eigenvalue weighted by Crippen LogP contribution is 2.31. The van der Waals surface area contributed by atoms with Gasteiger partial charge in [0.25, 0.3) is 11.8 Å². The van der Waals surface area contributed by atoms with Crippen molar-refractivity contribution >= 4 is 86.4 Å². The van der Waals surface area contributed by atoms with E-state index in [1.807, 2.05) is 12.1 Å². The maximum atomic E-state index is 12.5. The maximum absolute atomic E-state index is 12.5. The Morgan fingerprint density at radius 1 is 1.06 bits per heavy atom. The summed E-state index contributed by atoms with van der Waals surface area (Å²) < 4.78 is 7.56. The predicted octanol–water partition coefficient (Wildman–Crippen LogP) is 3.77. The van der Waals surface area contributed by atoms with Crippen LogP contribution in [0.25, 0.3) is 6.08 Å². The van der Waals surface area contributed by atoms with Gasteiger partial charge in [-0.3, -0.25) is 19.4 Å². The lowest BCUT2D eigenvalue weighted by Crippen LogP contribution is -2.52. The summed E-state index contributed by atoms with van der Waals surface area (Å²) in [6, 6.07) is 10.1. The molecular formula is C21H16I2N2O5S. The summed E-state index contributed by atoms with van der Waals surface area (Å²) in [6.07, 6.45) is 1.55. The van der Waals surface area contributed by atoms with Crippen LogP contribution in [-0.4, -0.2) is 51.9 Å². The van der Waals surface area contributed by atoms with Crippen LogP contribution < -0.4 is 4.74 Å². The van der Waals surface area contributed by atoms with Crippen LogP contribution in [0.3, 0.4) is 0 Å². The van der Waals surface area contributed by atoms with Crippen LogP contribution in [-0.2, 0) is 16.2 Å². The van der Waals surface area contributed by atoms with Crippen LogP contribution in [0.4, 0.5) is 0 Å². The van der Waals surface area contributed by atoms with E-state index in [1.54, 1.807) is 18.2 Å². The molecule has 2 aromatic rings. The van der Waals surface area contributed by atoms with Gasteiger partial charge >= 0.3 is 5.97 Å². The zero-order chi connectivity index (χ0) is 22.9. The van der Waals surface area contributed by atoms with Crippen LogP contribution in [0, 0.1) is 7.14 Å². The van der Waals surface area contributed by atoms with Crippen molar-refractivity contribution in [2.24, 2.45) is 0 Å². The van der Waals surface area contributed by atoms with Crippen LogP contribution >= 0.6 is 57.4 Å². The summed E-state index contributed by atoms with van der Waals surface area (Å²) in [6.45, 7) is 0.274. The Balaban J connectivity index is 1.82. The Kier molecular flexibility index (Phi) is 7.31. The standard InChI is InChI=1S/C21H16I2N2O5S/c1-24-18(26)14(19(27)25(2)21(24)31)7-12-8-15(22)17(16(23)9-12)30-10-11-3-5-13(6-4-11)20(28)29/h3-9H,10H2,1-2H3,(H,28,29). The second-order valence-electron chi connectivity index (χ2n) is 6.67. The van der Waals surface area contributed by atoms with Gasteiger partial charge in [0.2, 0.25) is 0 Å². The molecular weight excluding hydrogens is 646 g/mol. The lowest BCUT2D eigenvalue weighted by molar-refractivity contribution is -0.132. The normalized spacial score (nSPS) is 14.2. The molecule has 2 amide bonds. The molecule has 0 unspecified atom stereocenters. The summed E-state index contributed by atoms with van der Waals surface area (Å²) in [7, 11) is 3.07. The molecule has 31 heavy (non-hydrogen) atoms. The van der Waals surface area contributed by atoms with Crippen molar-refractivity contribution in [2.45, 2.75) is 6.61 Å². The van der Waals surface area contributed by atoms with E-state index >= 15 is 0 Å². The van der Waals surface area contributed by atoms with Crippen molar-refractivity contribution in [3.05, 3.63) is 65.8 Å². The molecule has 1 heterocycles. The van der Waals surface area contributed by atoms with Crippen molar-refractivity contribution in [3.63, 3.8) is 0 Å². The number of aromatic carboxylic acids is 1. The number of carbonyl (C=O) groups is 3. The molecule has 0 aromatic heterocycles. The number of carboxylic acid groups (broad SMARTS) is 1. The van der Waals surface area contributed by atoms with E-state index < -0.39 is 17.8 Å². The van der Waals surface area contributed by atoms with Crippen molar-refractivity contribution < 1.29 is 24.2 Å². The number of halogens is 2. The Labute approximate surface area is 211 Å². The van der Waals surface area contributed by atoms with Gasteiger partial charge in [0.1, 0.15) is 17.9 Å². The summed E-state index contributed by atoms with van der Waals surface area (Å²) in [5, 5.41) is 9.15. The maximum Gasteiger partial charge on any atom is 0.335 e. The first kappa shape index (κ1) is 23.6. The van der Waals surface area contributed by atoms with E-state index in [1.165, 1.54) is 36.0 Å². The minimum Gasteiger partial charge on any atom is -0.487 e. The van der Waals surface area contributed by atoms with Gasteiger partial charge in [-0.1, -0.05) is 12.1 Å². The topological polar surface area (TPSA) is 87.1 Å². The zero-order valence-electron chi connectivity index (χ0n) is 16.4. The van der Waals surface area contributed by atoms with Gasteiger partial charge in [0, 0.05) is 14.1 Å². The number of hydrogen-bond donors (Lipinski definition) is 1. The number of rotatable bonds is 5. The van der Waals surface area contributed by atoms with E-state index in [4.69, 9.17) is 22.1 Å². The Morgan fingerprint density at radius 3 is 2.06 bits per heavy atom. The monoisotopic (exact) mass is 662 g/mol. The van der Waals surface area contributed by atoms with Crippen molar-refractivity contribution in [3.8, 4) is 5.75 Å². The molecule has 1 fully saturated rings. The number of nitrogens with zero attached hydrogens (tertiary/aromatic N) is 2. The average Bonchev–Trinajstić information content (AvgIpc) is 2.73. The molecule has 10 heteroatoms. The molecule has 0 aliphatic carbocycles. The van der Waals surface area contributed by atoms with Crippen molar-refractivity contribution in [1.29, 1.82) is 0 Å². The number of amides is 2. The van der Waals surface area contributed by atoms with Gasteiger partial charge in [-0.05, 0) is 98.9 Å². The van der Waals surface area contributed by atoms with Crippen molar-refractivity contribution in [2.75, 3.05) is 14.1 Å². The summed E-state index contributed by atoms with van der Waals surface area (Å²) in [5.41, 5.74) is 1.79. The fourth-order valence-electron chi connectivity index (χ4n) is 2.84. The highest BCUT2D eigenvalue weighted by molar-refractivity contribution is 14.1. The second-order valence-corrected chi connectivity index (χ2v) is 9.36. The molecule has 1 aliphatic heterocycles. The number of thiocarbonyl (C=S) groups is 1. The molecule has 1 N–H and O–H groups in total. The summed E-state index contributed by atoms with van der Waals surface area (Å²) >= 11 is 9.38. The number of carboxylic acids is 1. The van der Waals surface area contributed by atoms with E-state index in [2.05, 4.69) is 45.2 Å².